The van der Waals surface area contributed by atoms with Crippen molar-refractivity contribution in [1.29, 1.82) is 0 Å². The van der Waals surface area contributed by atoms with Crippen molar-refractivity contribution in [3.63, 3.8) is 0 Å². The first-order valence-electron chi connectivity index (χ1n) is 7.91. The van der Waals surface area contributed by atoms with Crippen molar-refractivity contribution in [2.45, 2.75) is 32.5 Å². The number of hydrogen-bond acceptors (Lipinski definition) is 3. The second kappa shape index (κ2) is 6.73. The molecule has 0 aromatic carbocycles. The molecule has 3 heterocycles. The Bertz CT molecular complexity index is 771. The van der Waals surface area contributed by atoms with Crippen LogP contribution in [0.4, 0.5) is 23.7 Å². The maximum Gasteiger partial charge on any atom is 0.434 e. The van der Waals surface area contributed by atoms with Crippen LogP contribution >= 0.6 is 0 Å². The number of carbonyl (C=O) groups excluding carboxylic acids is 1. The number of fused-ring (bicyclic) bond motifs is 1. The van der Waals surface area contributed by atoms with E-state index in [2.05, 4.69) is 20.6 Å². The van der Waals surface area contributed by atoms with Crippen molar-refractivity contribution >= 4 is 11.7 Å². The largest absolute Gasteiger partial charge is 0.434 e. The minimum absolute atomic E-state index is 0.0588. The number of rotatable bonds is 3. The predicted octanol–water partition coefficient (Wildman–Crippen LogP) is 2.99. The van der Waals surface area contributed by atoms with Crippen LogP contribution in [0.25, 0.3) is 0 Å². The molecule has 0 saturated heterocycles. The molecular formula is C16H18F3N5O. The van der Waals surface area contributed by atoms with Gasteiger partial charge in [0.1, 0.15) is 5.82 Å². The van der Waals surface area contributed by atoms with E-state index in [0.29, 0.717) is 37.4 Å². The summed E-state index contributed by atoms with van der Waals surface area (Å²) in [5.41, 5.74) is 0.654. The van der Waals surface area contributed by atoms with Gasteiger partial charge in [0.15, 0.2) is 5.69 Å². The number of amides is 2. The molecule has 2 N–H and O–H groups in total. The lowest BCUT2D eigenvalue weighted by atomic mass is 9.99. The molecule has 2 aromatic heterocycles. The average Bonchev–Trinajstić information content (AvgIpc) is 2.99. The molecule has 0 radical (unpaired) electrons. The molecule has 3 rings (SSSR count). The Morgan fingerprint density at radius 3 is 2.96 bits per heavy atom. The fraction of sp³-hybridized carbons (Fsp3) is 0.438. The van der Waals surface area contributed by atoms with Gasteiger partial charge >= 0.3 is 12.2 Å². The standard InChI is InChI=1S/C16H18F3N5O/c1-10-4-5-20-7-12(10)22-15(25)21-6-11-2-3-14-23-13(16(17,18)19)9-24(14)8-11/h4-5,7,9,11H,2-3,6,8H2,1H3,(H2,21,22,25). The number of nitrogens with zero attached hydrogens (tertiary/aromatic N) is 3. The number of alkyl halides is 3. The van der Waals surface area contributed by atoms with Crippen LogP contribution in [0.15, 0.2) is 24.7 Å². The third-order valence-corrected chi connectivity index (χ3v) is 4.22. The molecule has 6 nitrogen and oxygen atoms in total. The Morgan fingerprint density at radius 2 is 2.24 bits per heavy atom. The third kappa shape index (κ3) is 4.09. The maximum absolute atomic E-state index is 12.7. The van der Waals surface area contributed by atoms with E-state index in [1.54, 1.807) is 18.5 Å². The van der Waals surface area contributed by atoms with Gasteiger partial charge in [-0.05, 0) is 30.9 Å². The molecule has 1 atom stereocenters. The molecule has 1 aliphatic rings. The molecule has 0 fully saturated rings. The van der Waals surface area contributed by atoms with Crippen LogP contribution in [0.2, 0.25) is 0 Å². The number of carbonyl (C=O) groups is 1. The van der Waals surface area contributed by atoms with Crippen LogP contribution in [0, 0.1) is 12.8 Å². The van der Waals surface area contributed by atoms with Crippen molar-refractivity contribution < 1.29 is 18.0 Å². The van der Waals surface area contributed by atoms with E-state index in [9.17, 15) is 18.0 Å². The summed E-state index contributed by atoms with van der Waals surface area (Å²) in [5.74, 6) is 0.502. The number of anilines is 1. The predicted molar refractivity (Wildman–Crippen MR) is 85.0 cm³/mol. The molecule has 0 aliphatic carbocycles. The van der Waals surface area contributed by atoms with Crippen LogP contribution in [-0.2, 0) is 19.1 Å². The Labute approximate surface area is 142 Å². The summed E-state index contributed by atoms with van der Waals surface area (Å²) in [5, 5.41) is 5.47. The van der Waals surface area contributed by atoms with Gasteiger partial charge < -0.3 is 15.2 Å². The first kappa shape index (κ1) is 17.2. The van der Waals surface area contributed by atoms with E-state index in [4.69, 9.17) is 0 Å². The zero-order valence-electron chi connectivity index (χ0n) is 13.6. The number of pyridine rings is 1. The first-order chi connectivity index (χ1) is 11.8. The Balaban J connectivity index is 1.54. The molecule has 0 saturated carbocycles. The highest BCUT2D eigenvalue weighted by Gasteiger charge is 2.35. The minimum atomic E-state index is -4.43. The summed E-state index contributed by atoms with van der Waals surface area (Å²) in [7, 11) is 0. The molecule has 2 amide bonds. The fourth-order valence-corrected chi connectivity index (χ4v) is 2.82. The zero-order chi connectivity index (χ0) is 18.0. The van der Waals surface area contributed by atoms with Gasteiger partial charge in [-0.1, -0.05) is 0 Å². The molecule has 1 unspecified atom stereocenters. The van der Waals surface area contributed by atoms with Crippen molar-refractivity contribution in [3.05, 3.63) is 41.7 Å². The number of imidazole rings is 1. The van der Waals surface area contributed by atoms with Crippen LogP contribution < -0.4 is 10.6 Å². The molecule has 9 heteroatoms. The quantitative estimate of drug-likeness (QED) is 0.891. The summed E-state index contributed by atoms with van der Waals surface area (Å²) < 4.78 is 39.7. The Morgan fingerprint density at radius 1 is 1.44 bits per heavy atom. The number of hydrogen-bond donors (Lipinski definition) is 2. The maximum atomic E-state index is 12.7. The lowest BCUT2D eigenvalue weighted by molar-refractivity contribution is -0.141. The second-order valence-corrected chi connectivity index (χ2v) is 6.12. The van der Waals surface area contributed by atoms with Gasteiger partial charge in [-0.2, -0.15) is 13.2 Å². The van der Waals surface area contributed by atoms with Crippen LogP contribution in [0.1, 0.15) is 23.5 Å². The van der Waals surface area contributed by atoms with E-state index in [0.717, 1.165) is 11.8 Å². The summed E-state index contributed by atoms with van der Waals surface area (Å²) in [6.45, 7) is 2.64. The van der Waals surface area contributed by atoms with Gasteiger partial charge in [0.2, 0.25) is 0 Å². The minimum Gasteiger partial charge on any atom is -0.338 e. The second-order valence-electron chi connectivity index (χ2n) is 6.12. The number of aryl methyl sites for hydroxylation is 2. The molecule has 1 aliphatic heterocycles. The van der Waals surface area contributed by atoms with E-state index in [-0.39, 0.29) is 11.9 Å². The van der Waals surface area contributed by atoms with Crippen molar-refractivity contribution in [3.8, 4) is 0 Å². The average molecular weight is 353 g/mol. The molecule has 0 bridgehead atoms. The van der Waals surface area contributed by atoms with Crippen LogP contribution in [-0.4, -0.2) is 27.1 Å². The van der Waals surface area contributed by atoms with E-state index >= 15 is 0 Å². The number of urea groups is 1. The number of nitrogens with one attached hydrogen (secondary N) is 2. The van der Waals surface area contributed by atoms with E-state index in [1.807, 2.05) is 6.92 Å². The third-order valence-electron chi connectivity index (χ3n) is 4.22. The van der Waals surface area contributed by atoms with Crippen LogP contribution in [0.5, 0.6) is 0 Å². The van der Waals surface area contributed by atoms with Crippen LogP contribution in [0.3, 0.4) is 0 Å². The van der Waals surface area contributed by atoms with Gasteiger partial charge in [-0.25, -0.2) is 9.78 Å². The van der Waals surface area contributed by atoms with Gasteiger partial charge in [-0.15, -0.1) is 0 Å². The highest BCUT2D eigenvalue weighted by molar-refractivity contribution is 5.89. The van der Waals surface area contributed by atoms with E-state index < -0.39 is 11.9 Å². The Hall–Kier alpha value is -2.58. The molecule has 25 heavy (non-hydrogen) atoms. The van der Waals surface area contributed by atoms with Crippen molar-refractivity contribution in [2.75, 3.05) is 11.9 Å². The normalized spacial score (nSPS) is 17.0. The summed E-state index contributed by atoms with van der Waals surface area (Å²) in [4.78, 5) is 19.6. The lowest BCUT2D eigenvalue weighted by Crippen LogP contribution is -2.36. The van der Waals surface area contributed by atoms with Gasteiger partial charge in [0, 0.05) is 31.9 Å². The monoisotopic (exact) mass is 353 g/mol. The van der Waals surface area contributed by atoms with Gasteiger partial charge in [-0.3, -0.25) is 4.98 Å². The van der Waals surface area contributed by atoms with Crippen molar-refractivity contribution in [2.24, 2.45) is 5.92 Å². The lowest BCUT2D eigenvalue weighted by Gasteiger charge is -2.24. The SMILES string of the molecule is Cc1ccncc1NC(=O)NCC1CCc2nc(C(F)(F)F)cn2C1. The summed E-state index contributed by atoms with van der Waals surface area (Å²) in [6.07, 6.45) is 0.955. The summed E-state index contributed by atoms with van der Waals surface area (Å²) >= 11 is 0. The first-order valence-corrected chi connectivity index (χ1v) is 7.91. The van der Waals surface area contributed by atoms with Gasteiger partial charge in [0.25, 0.3) is 0 Å². The highest BCUT2D eigenvalue weighted by Crippen LogP contribution is 2.30. The highest BCUT2D eigenvalue weighted by atomic mass is 19.4. The van der Waals surface area contributed by atoms with Crippen molar-refractivity contribution in [1.82, 2.24) is 19.9 Å². The van der Waals surface area contributed by atoms with E-state index in [1.165, 1.54) is 4.57 Å². The Kier molecular flexibility index (Phi) is 4.65. The topological polar surface area (TPSA) is 71.8 Å². The summed E-state index contributed by atoms with van der Waals surface area (Å²) in [6, 6.07) is 1.43. The number of halogens is 3. The number of aromatic nitrogens is 3. The van der Waals surface area contributed by atoms with Gasteiger partial charge in [0.05, 0.1) is 11.9 Å². The fourth-order valence-electron chi connectivity index (χ4n) is 2.82. The molecule has 0 spiro atoms. The molecular weight excluding hydrogens is 335 g/mol. The zero-order valence-corrected chi connectivity index (χ0v) is 13.6. The molecule has 134 valence electrons. The smallest absolute Gasteiger partial charge is 0.338 e. The molecule has 2 aromatic rings.